The third kappa shape index (κ3) is 5.58. The molecule has 2 amide bonds. The maximum atomic E-state index is 11.5. The van der Waals surface area contributed by atoms with Crippen LogP contribution in [-0.2, 0) is 4.79 Å². The molecule has 1 rings (SSSR count). The number of carbonyl (C=O) groups is 2. The fourth-order valence-corrected chi connectivity index (χ4v) is 2.00. The predicted molar refractivity (Wildman–Crippen MR) is 68.2 cm³/mol. The highest BCUT2D eigenvalue weighted by Crippen LogP contribution is 2.12. The summed E-state index contributed by atoms with van der Waals surface area (Å²) in [6.07, 6.45) is 1.09. The van der Waals surface area contributed by atoms with Gasteiger partial charge in [-0.3, -0.25) is 9.59 Å². The number of thioether (sulfide) groups is 1. The molecule has 0 unspecified atom stereocenters. The molecule has 0 aliphatic carbocycles. The Bertz CT molecular complexity index is 241. The summed E-state index contributed by atoms with van der Waals surface area (Å²) in [6, 6.07) is -0.353. The van der Waals surface area contributed by atoms with E-state index in [2.05, 4.69) is 22.9 Å². The highest BCUT2D eigenvalue weighted by atomic mass is 35.5. The maximum absolute atomic E-state index is 11.5. The molecule has 0 aromatic rings. The SMILES string of the molecule is CCCNCCNC(=O)[C@@H]1CSC(=O)N1.Cl. The Morgan fingerprint density at radius 3 is 2.81 bits per heavy atom. The molecule has 1 heterocycles. The van der Waals surface area contributed by atoms with Crippen molar-refractivity contribution in [2.24, 2.45) is 0 Å². The third-order valence-electron chi connectivity index (χ3n) is 2.02. The highest BCUT2D eigenvalue weighted by Gasteiger charge is 2.27. The molecule has 1 aliphatic heterocycles. The van der Waals surface area contributed by atoms with Crippen molar-refractivity contribution in [1.82, 2.24) is 16.0 Å². The Hall–Kier alpha value is -0.460. The van der Waals surface area contributed by atoms with E-state index in [0.29, 0.717) is 12.3 Å². The molecule has 0 aromatic carbocycles. The van der Waals surface area contributed by atoms with Crippen LogP contribution in [0.4, 0.5) is 4.79 Å². The van der Waals surface area contributed by atoms with E-state index in [9.17, 15) is 9.59 Å². The number of hydrogen-bond donors (Lipinski definition) is 3. The first-order chi connectivity index (χ1) is 7.24. The second-order valence-corrected chi connectivity index (χ2v) is 4.33. The summed E-state index contributed by atoms with van der Waals surface area (Å²) in [6.45, 7) is 4.44. The zero-order valence-electron chi connectivity index (χ0n) is 9.25. The van der Waals surface area contributed by atoms with Gasteiger partial charge in [0, 0.05) is 18.8 Å². The van der Waals surface area contributed by atoms with Gasteiger partial charge in [0.1, 0.15) is 6.04 Å². The number of amides is 2. The minimum absolute atomic E-state index is 0. The first-order valence-corrected chi connectivity index (χ1v) is 6.14. The molecule has 3 N–H and O–H groups in total. The van der Waals surface area contributed by atoms with E-state index in [4.69, 9.17) is 0 Å². The van der Waals surface area contributed by atoms with Gasteiger partial charge in [-0.25, -0.2) is 0 Å². The van der Waals surface area contributed by atoms with Crippen molar-refractivity contribution in [3.63, 3.8) is 0 Å². The zero-order chi connectivity index (χ0) is 11.1. The maximum Gasteiger partial charge on any atom is 0.279 e. The average molecular weight is 268 g/mol. The number of nitrogens with one attached hydrogen (secondary N) is 3. The van der Waals surface area contributed by atoms with Gasteiger partial charge in [0.2, 0.25) is 5.91 Å². The van der Waals surface area contributed by atoms with E-state index in [1.54, 1.807) is 0 Å². The molecule has 0 bridgehead atoms. The van der Waals surface area contributed by atoms with Crippen LogP contribution in [0.2, 0.25) is 0 Å². The molecule has 0 aromatic heterocycles. The largest absolute Gasteiger partial charge is 0.353 e. The van der Waals surface area contributed by atoms with Gasteiger partial charge in [0.15, 0.2) is 0 Å². The first-order valence-electron chi connectivity index (χ1n) is 5.15. The molecule has 7 heteroatoms. The fraction of sp³-hybridized carbons (Fsp3) is 0.778. The van der Waals surface area contributed by atoms with Crippen molar-refractivity contribution >= 4 is 35.3 Å². The smallest absolute Gasteiger partial charge is 0.279 e. The molecule has 1 fully saturated rings. The van der Waals surface area contributed by atoms with E-state index >= 15 is 0 Å². The van der Waals surface area contributed by atoms with Gasteiger partial charge in [-0.15, -0.1) is 12.4 Å². The van der Waals surface area contributed by atoms with Crippen molar-refractivity contribution in [2.45, 2.75) is 19.4 Å². The van der Waals surface area contributed by atoms with E-state index in [1.807, 2.05) is 0 Å². The van der Waals surface area contributed by atoms with Gasteiger partial charge >= 0.3 is 0 Å². The van der Waals surface area contributed by atoms with E-state index < -0.39 is 0 Å². The minimum atomic E-state index is -0.353. The van der Waals surface area contributed by atoms with Crippen LogP contribution in [0.1, 0.15) is 13.3 Å². The lowest BCUT2D eigenvalue weighted by Crippen LogP contribution is -2.44. The van der Waals surface area contributed by atoms with Crippen LogP contribution in [-0.4, -0.2) is 42.6 Å². The van der Waals surface area contributed by atoms with Crippen molar-refractivity contribution in [2.75, 3.05) is 25.4 Å². The van der Waals surface area contributed by atoms with Crippen LogP contribution in [0, 0.1) is 0 Å². The van der Waals surface area contributed by atoms with E-state index in [1.165, 1.54) is 0 Å². The molecule has 5 nitrogen and oxygen atoms in total. The number of carbonyl (C=O) groups excluding carboxylic acids is 2. The van der Waals surface area contributed by atoms with Crippen LogP contribution in [0.5, 0.6) is 0 Å². The van der Waals surface area contributed by atoms with Gasteiger partial charge < -0.3 is 16.0 Å². The monoisotopic (exact) mass is 267 g/mol. The molecular formula is C9H18ClN3O2S. The van der Waals surface area contributed by atoms with Crippen molar-refractivity contribution in [1.29, 1.82) is 0 Å². The molecule has 1 atom stereocenters. The molecule has 94 valence electrons. The molecule has 0 radical (unpaired) electrons. The summed E-state index contributed by atoms with van der Waals surface area (Å²) in [5, 5.41) is 8.44. The zero-order valence-corrected chi connectivity index (χ0v) is 10.9. The Kier molecular flexibility index (Phi) is 8.42. The summed E-state index contributed by atoms with van der Waals surface area (Å²) < 4.78 is 0. The quantitative estimate of drug-likeness (QED) is 0.608. The normalized spacial score (nSPS) is 18.8. The lowest BCUT2D eigenvalue weighted by molar-refractivity contribution is -0.122. The van der Waals surface area contributed by atoms with Crippen LogP contribution in [0.15, 0.2) is 0 Å². The molecule has 0 saturated carbocycles. The Balaban J connectivity index is 0.00000225. The summed E-state index contributed by atoms with van der Waals surface area (Å²) in [7, 11) is 0. The number of hydrogen-bond acceptors (Lipinski definition) is 4. The average Bonchev–Trinajstić information content (AvgIpc) is 2.64. The number of halogens is 1. The van der Waals surface area contributed by atoms with Crippen LogP contribution in [0.25, 0.3) is 0 Å². The summed E-state index contributed by atoms with van der Waals surface area (Å²) >= 11 is 1.15. The summed E-state index contributed by atoms with van der Waals surface area (Å²) in [5.74, 6) is 0.444. The standard InChI is InChI=1S/C9H17N3O2S.ClH/c1-2-3-10-4-5-11-8(13)7-6-15-9(14)12-7;/h7,10H,2-6H2,1H3,(H,11,13)(H,12,14);1H/t7-;/m0./s1. The summed E-state index contributed by atoms with van der Waals surface area (Å²) in [4.78, 5) is 22.3. The fourth-order valence-electron chi connectivity index (χ4n) is 1.22. The van der Waals surface area contributed by atoms with Gasteiger partial charge in [-0.1, -0.05) is 18.7 Å². The van der Waals surface area contributed by atoms with Crippen molar-refractivity contribution in [3.05, 3.63) is 0 Å². The topological polar surface area (TPSA) is 70.2 Å². The van der Waals surface area contributed by atoms with Gasteiger partial charge in [-0.05, 0) is 13.0 Å². The second kappa shape index (κ2) is 8.66. The second-order valence-electron chi connectivity index (χ2n) is 3.34. The Morgan fingerprint density at radius 1 is 1.50 bits per heavy atom. The van der Waals surface area contributed by atoms with Gasteiger partial charge in [0.25, 0.3) is 5.24 Å². The van der Waals surface area contributed by atoms with E-state index in [0.717, 1.165) is 31.3 Å². The van der Waals surface area contributed by atoms with Crippen LogP contribution < -0.4 is 16.0 Å². The molecule has 16 heavy (non-hydrogen) atoms. The lowest BCUT2D eigenvalue weighted by atomic mass is 10.3. The lowest BCUT2D eigenvalue weighted by Gasteiger charge is -2.10. The molecule has 1 aliphatic rings. The first kappa shape index (κ1) is 15.5. The minimum Gasteiger partial charge on any atom is -0.353 e. The Morgan fingerprint density at radius 2 is 2.25 bits per heavy atom. The molecule has 1 saturated heterocycles. The van der Waals surface area contributed by atoms with Crippen LogP contribution in [0.3, 0.4) is 0 Å². The Labute approximate surface area is 106 Å². The molecule has 0 spiro atoms. The van der Waals surface area contributed by atoms with E-state index in [-0.39, 0.29) is 29.6 Å². The highest BCUT2D eigenvalue weighted by molar-refractivity contribution is 8.14. The van der Waals surface area contributed by atoms with Gasteiger partial charge in [0.05, 0.1) is 0 Å². The van der Waals surface area contributed by atoms with Crippen molar-refractivity contribution < 1.29 is 9.59 Å². The van der Waals surface area contributed by atoms with Crippen LogP contribution >= 0.6 is 24.2 Å². The van der Waals surface area contributed by atoms with Gasteiger partial charge in [-0.2, -0.15) is 0 Å². The molecular weight excluding hydrogens is 250 g/mol. The number of rotatable bonds is 6. The summed E-state index contributed by atoms with van der Waals surface area (Å²) in [5.41, 5.74) is 0. The van der Waals surface area contributed by atoms with Crippen molar-refractivity contribution in [3.8, 4) is 0 Å². The third-order valence-corrected chi connectivity index (χ3v) is 2.90. The predicted octanol–water partition coefficient (Wildman–Crippen LogP) is 0.349.